The normalized spacial score (nSPS) is 16.8. The fraction of sp³-hybridized carbons (Fsp3) is 0.421. The second-order valence-electron chi connectivity index (χ2n) is 6.51. The van der Waals surface area contributed by atoms with E-state index in [0.717, 1.165) is 30.5 Å². The first-order valence-electron chi connectivity index (χ1n) is 8.97. The molecule has 0 saturated carbocycles. The smallest absolute Gasteiger partial charge is 0.335 e. The molecule has 7 nitrogen and oxygen atoms in total. The number of hydrogen-bond acceptors (Lipinski definition) is 6. The third kappa shape index (κ3) is 5.77. The van der Waals surface area contributed by atoms with Gasteiger partial charge in [-0.25, -0.2) is 9.78 Å². The van der Waals surface area contributed by atoms with Crippen LogP contribution in [-0.4, -0.2) is 46.6 Å². The summed E-state index contributed by atoms with van der Waals surface area (Å²) in [6.45, 7) is 2.43. The summed E-state index contributed by atoms with van der Waals surface area (Å²) in [4.78, 5) is 29.9. The number of nitrogens with one attached hydrogen (secondary N) is 1. The first-order valence-corrected chi connectivity index (χ1v) is 9.91. The van der Waals surface area contributed by atoms with Crippen LogP contribution >= 0.6 is 11.3 Å². The SMILES string of the molecule is O=C1CN(Cc2cscn2)Cc2ccc(C(=O)O)cc2OCCCCCN1. The maximum Gasteiger partial charge on any atom is 0.335 e. The third-order valence-electron chi connectivity index (χ3n) is 4.35. The minimum absolute atomic E-state index is 0.0194. The third-order valence-corrected chi connectivity index (χ3v) is 4.98. The molecule has 0 atom stereocenters. The summed E-state index contributed by atoms with van der Waals surface area (Å²) in [6.07, 6.45) is 2.69. The molecular formula is C19H23N3O4S. The Labute approximate surface area is 162 Å². The van der Waals surface area contributed by atoms with Gasteiger partial charge in [-0.15, -0.1) is 11.3 Å². The van der Waals surface area contributed by atoms with Crippen molar-refractivity contribution >= 4 is 23.2 Å². The van der Waals surface area contributed by atoms with Crippen molar-refractivity contribution in [3.8, 4) is 5.75 Å². The Hall–Kier alpha value is -2.45. The van der Waals surface area contributed by atoms with E-state index >= 15 is 0 Å². The maximum absolute atomic E-state index is 12.3. The first kappa shape index (κ1) is 19.3. The van der Waals surface area contributed by atoms with Gasteiger partial charge in [0.05, 0.1) is 29.9 Å². The number of carbonyl (C=O) groups is 2. The van der Waals surface area contributed by atoms with Crippen molar-refractivity contribution in [2.45, 2.75) is 32.4 Å². The van der Waals surface area contributed by atoms with E-state index in [9.17, 15) is 14.7 Å². The Balaban J connectivity index is 1.86. The maximum atomic E-state index is 12.3. The van der Waals surface area contributed by atoms with Gasteiger partial charge in [-0.1, -0.05) is 6.07 Å². The number of aromatic carboxylic acids is 1. The number of thiazole rings is 1. The number of amides is 1. The second-order valence-corrected chi connectivity index (χ2v) is 7.23. The minimum Gasteiger partial charge on any atom is -0.493 e. The van der Waals surface area contributed by atoms with Crippen LogP contribution in [0.15, 0.2) is 29.1 Å². The molecule has 0 bridgehead atoms. The van der Waals surface area contributed by atoms with Crippen molar-refractivity contribution in [3.05, 3.63) is 45.9 Å². The van der Waals surface area contributed by atoms with E-state index in [4.69, 9.17) is 4.74 Å². The van der Waals surface area contributed by atoms with Crippen LogP contribution in [0.25, 0.3) is 0 Å². The minimum atomic E-state index is -0.983. The molecule has 0 radical (unpaired) electrons. The molecule has 0 saturated heterocycles. The molecule has 1 amide bonds. The van der Waals surface area contributed by atoms with Crippen LogP contribution < -0.4 is 10.1 Å². The molecule has 2 N–H and O–H groups in total. The summed E-state index contributed by atoms with van der Waals surface area (Å²) >= 11 is 1.52. The van der Waals surface area contributed by atoms with Crippen molar-refractivity contribution in [3.63, 3.8) is 0 Å². The summed E-state index contributed by atoms with van der Waals surface area (Å²) in [5, 5.41) is 14.2. The van der Waals surface area contributed by atoms with Crippen LogP contribution in [0.4, 0.5) is 0 Å². The van der Waals surface area contributed by atoms with E-state index in [1.54, 1.807) is 23.7 Å². The molecule has 8 heteroatoms. The van der Waals surface area contributed by atoms with Gasteiger partial charge in [-0.2, -0.15) is 0 Å². The largest absolute Gasteiger partial charge is 0.493 e. The van der Waals surface area contributed by atoms with Crippen molar-refractivity contribution in [1.29, 1.82) is 0 Å². The number of nitrogens with zero attached hydrogens (tertiary/aromatic N) is 2. The highest BCUT2D eigenvalue weighted by atomic mass is 32.1. The summed E-state index contributed by atoms with van der Waals surface area (Å²) in [7, 11) is 0. The highest BCUT2D eigenvalue weighted by molar-refractivity contribution is 7.07. The number of fused-ring (bicyclic) bond motifs is 1. The van der Waals surface area contributed by atoms with E-state index in [2.05, 4.69) is 10.3 Å². The summed E-state index contributed by atoms with van der Waals surface area (Å²) in [6, 6.07) is 4.91. The van der Waals surface area contributed by atoms with Crippen molar-refractivity contribution < 1.29 is 19.4 Å². The van der Waals surface area contributed by atoms with E-state index in [1.807, 2.05) is 10.3 Å². The number of rotatable bonds is 3. The van der Waals surface area contributed by atoms with Crippen molar-refractivity contribution in [2.24, 2.45) is 0 Å². The second kappa shape index (κ2) is 9.48. The van der Waals surface area contributed by atoms with Gasteiger partial charge in [0.25, 0.3) is 0 Å². The lowest BCUT2D eigenvalue weighted by Gasteiger charge is -2.22. The molecule has 0 unspecified atom stereocenters. The lowest BCUT2D eigenvalue weighted by molar-refractivity contribution is -0.122. The molecule has 2 heterocycles. The molecule has 1 aromatic heterocycles. The number of carboxylic acid groups (broad SMARTS) is 1. The van der Waals surface area contributed by atoms with Crippen LogP contribution in [0.2, 0.25) is 0 Å². The average Bonchev–Trinajstić information content (AvgIpc) is 3.14. The van der Waals surface area contributed by atoms with E-state index in [0.29, 0.717) is 32.0 Å². The van der Waals surface area contributed by atoms with Gasteiger partial charge in [0.1, 0.15) is 5.75 Å². The number of benzene rings is 1. The fourth-order valence-corrected chi connectivity index (χ4v) is 3.53. The van der Waals surface area contributed by atoms with Gasteiger partial charge < -0.3 is 15.2 Å². The molecule has 144 valence electrons. The van der Waals surface area contributed by atoms with Gasteiger partial charge in [0.15, 0.2) is 0 Å². The zero-order valence-corrected chi connectivity index (χ0v) is 15.8. The van der Waals surface area contributed by atoms with E-state index in [-0.39, 0.29) is 18.0 Å². The molecular weight excluding hydrogens is 366 g/mol. The molecule has 1 aromatic carbocycles. The van der Waals surface area contributed by atoms with Crippen LogP contribution in [0.3, 0.4) is 0 Å². The summed E-state index contributed by atoms with van der Waals surface area (Å²) in [5.74, 6) is -0.435. The van der Waals surface area contributed by atoms with Gasteiger partial charge in [0.2, 0.25) is 5.91 Å². The summed E-state index contributed by atoms with van der Waals surface area (Å²) in [5.41, 5.74) is 3.73. The highest BCUT2D eigenvalue weighted by Crippen LogP contribution is 2.24. The lowest BCUT2D eigenvalue weighted by Crippen LogP contribution is -2.37. The Morgan fingerprint density at radius 1 is 1.30 bits per heavy atom. The fourth-order valence-electron chi connectivity index (χ4n) is 2.98. The Morgan fingerprint density at radius 3 is 2.96 bits per heavy atom. The molecule has 27 heavy (non-hydrogen) atoms. The predicted molar refractivity (Wildman–Crippen MR) is 102 cm³/mol. The number of hydrogen-bond donors (Lipinski definition) is 2. The Kier molecular flexibility index (Phi) is 6.78. The van der Waals surface area contributed by atoms with Gasteiger partial charge >= 0.3 is 5.97 Å². The lowest BCUT2D eigenvalue weighted by atomic mass is 10.1. The number of carboxylic acids is 1. The molecule has 0 aliphatic carbocycles. The first-order chi connectivity index (χ1) is 13.1. The monoisotopic (exact) mass is 389 g/mol. The van der Waals surface area contributed by atoms with Gasteiger partial charge in [-0.3, -0.25) is 9.69 Å². The topological polar surface area (TPSA) is 91.8 Å². The number of ether oxygens (including phenoxy) is 1. The quantitative estimate of drug-likeness (QED) is 0.838. The molecule has 1 aliphatic heterocycles. The molecule has 2 aromatic rings. The average molecular weight is 389 g/mol. The predicted octanol–water partition coefficient (Wildman–Crippen LogP) is 2.52. The molecule has 3 rings (SSSR count). The Morgan fingerprint density at radius 2 is 2.19 bits per heavy atom. The number of carbonyl (C=O) groups excluding carboxylic acids is 1. The highest BCUT2D eigenvalue weighted by Gasteiger charge is 2.17. The van der Waals surface area contributed by atoms with E-state index < -0.39 is 5.97 Å². The Bertz CT molecular complexity index is 779. The van der Waals surface area contributed by atoms with Crippen LogP contribution in [0, 0.1) is 0 Å². The van der Waals surface area contributed by atoms with Crippen molar-refractivity contribution in [2.75, 3.05) is 19.7 Å². The number of aromatic nitrogens is 1. The van der Waals surface area contributed by atoms with Crippen LogP contribution in [-0.2, 0) is 17.9 Å². The molecule has 0 spiro atoms. The van der Waals surface area contributed by atoms with Crippen molar-refractivity contribution in [1.82, 2.24) is 15.2 Å². The van der Waals surface area contributed by atoms with Gasteiger partial charge in [0, 0.05) is 30.6 Å². The van der Waals surface area contributed by atoms with Gasteiger partial charge in [-0.05, 0) is 31.4 Å². The standard InChI is InChI=1S/C19H23N3O4S/c23-18-11-22(10-16-12-27-13-21-16)9-15-5-4-14(19(24)25)8-17(15)26-7-3-1-2-6-20-18/h4-5,8,12-13H,1-3,6-7,9-11H2,(H,20,23)(H,24,25). The zero-order chi connectivity index (χ0) is 19.1. The van der Waals surface area contributed by atoms with Crippen LogP contribution in [0.5, 0.6) is 5.75 Å². The van der Waals surface area contributed by atoms with E-state index in [1.165, 1.54) is 11.3 Å². The summed E-state index contributed by atoms with van der Waals surface area (Å²) < 4.78 is 5.89. The zero-order valence-electron chi connectivity index (χ0n) is 15.0. The molecule has 1 aliphatic rings. The molecule has 0 fully saturated rings. The van der Waals surface area contributed by atoms with Crippen LogP contribution in [0.1, 0.15) is 40.9 Å².